The lowest BCUT2D eigenvalue weighted by molar-refractivity contribution is 0.248. The Kier molecular flexibility index (Phi) is 4.82. The summed E-state index contributed by atoms with van der Waals surface area (Å²) in [6.07, 6.45) is 2.91. The first-order valence-corrected chi connectivity index (χ1v) is 9.10. The number of anilines is 1. The van der Waals surface area contributed by atoms with Crippen LogP contribution in [0, 0.1) is 5.92 Å². The zero-order valence-electron chi connectivity index (χ0n) is 13.6. The second kappa shape index (κ2) is 6.63. The van der Waals surface area contributed by atoms with Gasteiger partial charge in [-0.05, 0) is 31.7 Å². The Morgan fingerprint density at radius 1 is 1.24 bits per heavy atom. The van der Waals surface area contributed by atoms with Crippen LogP contribution < -0.4 is 10.2 Å². The lowest BCUT2D eigenvalue weighted by Gasteiger charge is -2.34. The van der Waals surface area contributed by atoms with E-state index in [1.165, 1.54) is 48.2 Å². The third-order valence-corrected chi connectivity index (χ3v) is 5.59. The fourth-order valence-corrected chi connectivity index (χ4v) is 4.29. The van der Waals surface area contributed by atoms with Crippen LogP contribution in [0.5, 0.6) is 0 Å². The van der Waals surface area contributed by atoms with Crippen molar-refractivity contribution in [3.05, 3.63) is 10.6 Å². The molecular formula is C16H28N4S. The summed E-state index contributed by atoms with van der Waals surface area (Å²) >= 11 is 1.88. The zero-order chi connectivity index (χ0) is 14.8. The predicted octanol–water partition coefficient (Wildman–Crippen LogP) is 2.52. The highest BCUT2D eigenvalue weighted by atomic mass is 32.1. The summed E-state index contributed by atoms with van der Waals surface area (Å²) in [4.78, 5) is 11.5. The van der Waals surface area contributed by atoms with E-state index in [-0.39, 0.29) is 0 Å². The maximum atomic E-state index is 4.94. The molecule has 4 nitrogen and oxygen atoms in total. The molecule has 0 spiro atoms. The molecule has 2 aliphatic rings. The smallest absolute Gasteiger partial charge is 0.185 e. The van der Waals surface area contributed by atoms with Crippen molar-refractivity contribution in [1.29, 1.82) is 0 Å². The first kappa shape index (κ1) is 15.3. The number of thiazole rings is 1. The van der Waals surface area contributed by atoms with Crippen molar-refractivity contribution in [2.75, 3.05) is 44.7 Å². The van der Waals surface area contributed by atoms with Gasteiger partial charge in [0.2, 0.25) is 0 Å². The summed E-state index contributed by atoms with van der Waals surface area (Å²) in [5.74, 6) is 1.51. The van der Waals surface area contributed by atoms with E-state index >= 15 is 0 Å². The van der Waals surface area contributed by atoms with E-state index in [9.17, 15) is 0 Å². The monoisotopic (exact) mass is 308 g/mol. The Labute approximate surface area is 132 Å². The molecule has 3 rings (SSSR count). The van der Waals surface area contributed by atoms with Crippen molar-refractivity contribution < 1.29 is 0 Å². The fraction of sp³-hybridized carbons (Fsp3) is 0.812. The number of hydrogen-bond donors (Lipinski definition) is 1. The molecule has 0 atom stereocenters. The van der Waals surface area contributed by atoms with Crippen LogP contribution in [0.1, 0.15) is 43.2 Å². The molecule has 21 heavy (non-hydrogen) atoms. The van der Waals surface area contributed by atoms with Gasteiger partial charge in [0.15, 0.2) is 5.13 Å². The van der Waals surface area contributed by atoms with E-state index in [2.05, 4.69) is 29.0 Å². The maximum Gasteiger partial charge on any atom is 0.185 e. The van der Waals surface area contributed by atoms with E-state index < -0.39 is 0 Å². The van der Waals surface area contributed by atoms with Crippen LogP contribution in [0.4, 0.5) is 5.13 Å². The summed E-state index contributed by atoms with van der Waals surface area (Å²) in [5, 5.41) is 4.51. The molecule has 1 aliphatic carbocycles. The molecule has 0 unspecified atom stereocenters. The van der Waals surface area contributed by atoms with Crippen LogP contribution in [0.3, 0.4) is 0 Å². The predicted molar refractivity (Wildman–Crippen MR) is 90.3 cm³/mol. The summed E-state index contributed by atoms with van der Waals surface area (Å²) < 4.78 is 0. The van der Waals surface area contributed by atoms with E-state index in [4.69, 9.17) is 4.98 Å². The van der Waals surface area contributed by atoms with Crippen molar-refractivity contribution >= 4 is 16.5 Å². The van der Waals surface area contributed by atoms with Crippen LogP contribution in [-0.2, 0) is 6.54 Å². The average Bonchev–Trinajstić information content (AvgIpc) is 3.17. The maximum absolute atomic E-state index is 4.94. The molecule has 118 valence electrons. The lowest BCUT2D eigenvalue weighted by atomic mass is 10.1. The third-order valence-electron chi connectivity index (χ3n) is 4.46. The van der Waals surface area contributed by atoms with Crippen LogP contribution in [-0.4, -0.2) is 49.7 Å². The molecule has 1 saturated heterocycles. The lowest BCUT2D eigenvalue weighted by Crippen LogP contribution is -2.47. The first-order valence-electron chi connectivity index (χ1n) is 8.29. The van der Waals surface area contributed by atoms with Crippen molar-refractivity contribution in [2.24, 2.45) is 5.92 Å². The molecule has 0 radical (unpaired) electrons. The van der Waals surface area contributed by atoms with Gasteiger partial charge in [0.05, 0.1) is 5.69 Å². The summed E-state index contributed by atoms with van der Waals surface area (Å²) in [6, 6.07) is 0. The van der Waals surface area contributed by atoms with Gasteiger partial charge in [0, 0.05) is 44.1 Å². The van der Waals surface area contributed by atoms with Gasteiger partial charge in [0.25, 0.3) is 0 Å². The van der Waals surface area contributed by atoms with Crippen molar-refractivity contribution in [3.8, 4) is 0 Å². The number of nitrogens with one attached hydrogen (secondary N) is 1. The van der Waals surface area contributed by atoms with E-state index in [0.29, 0.717) is 5.92 Å². The number of hydrogen-bond acceptors (Lipinski definition) is 5. The number of piperazine rings is 1. The molecule has 1 aromatic rings. The minimum Gasteiger partial charge on any atom is -0.346 e. The standard InChI is InChI=1S/C16H28N4S/c1-12(2)15-14(10-17-3)21-16(18-15)20-8-6-19(7-9-20)11-13-4-5-13/h12-13,17H,4-11H2,1-3H3. The van der Waals surface area contributed by atoms with Crippen molar-refractivity contribution in [1.82, 2.24) is 15.2 Å². The number of nitrogens with zero attached hydrogens (tertiary/aromatic N) is 3. The quantitative estimate of drug-likeness (QED) is 0.875. The summed E-state index contributed by atoms with van der Waals surface area (Å²) in [5.41, 5.74) is 1.28. The minimum absolute atomic E-state index is 0.509. The molecule has 1 saturated carbocycles. The topological polar surface area (TPSA) is 31.4 Å². The van der Waals surface area contributed by atoms with Crippen LogP contribution >= 0.6 is 11.3 Å². The Morgan fingerprint density at radius 3 is 2.52 bits per heavy atom. The molecule has 2 heterocycles. The highest BCUT2D eigenvalue weighted by Crippen LogP contribution is 2.32. The Bertz CT molecular complexity index is 459. The molecule has 0 amide bonds. The molecule has 1 N–H and O–H groups in total. The zero-order valence-corrected chi connectivity index (χ0v) is 14.4. The van der Waals surface area contributed by atoms with Gasteiger partial charge >= 0.3 is 0 Å². The Balaban J connectivity index is 1.62. The van der Waals surface area contributed by atoms with E-state index in [1.54, 1.807) is 0 Å². The van der Waals surface area contributed by atoms with Crippen LogP contribution in [0.25, 0.3) is 0 Å². The van der Waals surface area contributed by atoms with Gasteiger partial charge in [-0.25, -0.2) is 4.98 Å². The van der Waals surface area contributed by atoms with Crippen molar-refractivity contribution in [2.45, 2.75) is 39.2 Å². The number of rotatable bonds is 6. The Hall–Kier alpha value is -0.650. The largest absolute Gasteiger partial charge is 0.346 e. The third kappa shape index (κ3) is 3.76. The highest BCUT2D eigenvalue weighted by Gasteiger charge is 2.27. The van der Waals surface area contributed by atoms with Crippen molar-refractivity contribution in [3.63, 3.8) is 0 Å². The second-order valence-electron chi connectivity index (χ2n) is 6.72. The summed E-state index contributed by atoms with van der Waals surface area (Å²) in [6.45, 7) is 11.4. The molecule has 5 heteroatoms. The van der Waals surface area contributed by atoms with Crippen LogP contribution in [0.15, 0.2) is 0 Å². The van der Waals surface area contributed by atoms with Gasteiger partial charge < -0.3 is 10.2 Å². The van der Waals surface area contributed by atoms with Gasteiger partial charge in [-0.15, -0.1) is 11.3 Å². The molecule has 1 aliphatic heterocycles. The molecule has 0 bridgehead atoms. The van der Waals surface area contributed by atoms with Gasteiger partial charge in [0.1, 0.15) is 0 Å². The Morgan fingerprint density at radius 2 is 1.95 bits per heavy atom. The number of aromatic nitrogens is 1. The normalized spacial score (nSPS) is 20.5. The second-order valence-corrected chi connectivity index (χ2v) is 7.78. The highest BCUT2D eigenvalue weighted by molar-refractivity contribution is 7.15. The van der Waals surface area contributed by atoms with E-state index in [0.717, 1.165) is 25.6 Å². The summed E-state index contributed by atoms with van der Waals surface area (Å²) in [7, 11) is 2.01. The molecule has 2 fully saturated rings. The van der Waals surface area contributed by atoms with Gasteiger partial charge in [-0.3, -0.25) is 4.90 Å². The average molecular weight is 308 g/mol. The van der Waals surface area contributed by atoms with E-state index in [1.807, 2.05) is 18.4 Å². The molecular weight excluding hydrogens is 280 g/mol. The van der Waals surface area contributed by atoms with Gasteiger partial charge in [-0.2, -0.15) is 0 Å². The molecule has 1 aromatic heterocycles. The minimum atomic E-state index is 0.509. The SMILES string of the molecule is CNCc1sc(N2CCN(CC3CC3)CC2)nc1C(C)C. The van der Waals surface area contributed by atoms with Gasteiger partial charge in [-0.1, -0.05) is 13.8 Å². The first-order chi connectivity index (χ1) is 10.2. The van der Waals surface area contributed by atoms with Crippen LogP contribution in [0.2, 0.25) is 0 Å². The molecule has 0 aromatic carbocycles. The fourth-order valence-electron chi connectivity index (χ4n) is 3.01.